The van der Waals surface area contributed by atoms with Crippen LogP contribution in [0.15, 0.2) is 43.0 Å². The van der Waals surface area contributed by atoms with E-state index in [2.05, 4.69) is 6.58 Å². The lowest BCUT2D eigenvalue weighted by Crippen LogP contribution is -2.26. The van der Waals surface area contributed by atoms with Crippen LogP contribution in [0.5, 0.6) is 0 Å². The van der Waals surface area contributed by atoms with Gasteiger partial charge < -0.3 is 4.11 Å². The zero-order valence-corrected chi connectivity index (χ0v) is 8.96. The first-order valence-corrected chi connectivity index (χ1v) is 7.27. The van der Waals surface area contributed by atoms with E-state index in [4.69, 9.17) is 0 Å². The predicted molar refractivity (Wildman–Crippen MR) is 57.9 cm³/mol. The lowest BCUT2D eigenvalue weighted by atomic mass is 10.2. The predicted octanol–water partition coefficient (Wildman–Crippen LogP) is 3.50. The molecule has 0 nitrogen and oxygen atoms in total. The number of hydrogen-bond acceptors (Lipinski definition) is 0. The Bertz CT molecular complexity index is 267. The normalized spacial score (nSPS) is 14.9. The topological polar surface area (TPSA) is 0 Å². The second kappa shape index (κ2) is 4.37. The first kappa shape index (κ1) is 10.2. The van der Waals surface area contributed by atoms with Crippen LogP contribution in [0.25, 0.3) is 0 Å². The maximum Gasteiger partial charge on any atom is 0.251 e. The number of rotatable bonds is 4. The number of hydrogen-bond donors (Lipinski definition) is 0. The molecule has 1 aromatic rings. The van der Waals surface area contributed by atoms with E-state index >= 15 is 0 Å². The van der Waals surface area contributed by atoms with E-state index in [-0.39, 0.29) is 0 Å². The molecule has 0 radical (unpaired) electrons. The van der Waals surface area contributed by atoms with Crippen molar-refractivity contribution in [1.82, 2.24) is 0 Å². The first-order valence-electron chi connectivity index (χ1n) is 4.48. The highest BCUT2D eigenvalue weighted by Gasteiger charge is 2.25. The van der Waals surface area contributed by atoms with Gasteiger partial charge in [0.15, 0.2) is 0 Å². The molecule has 0 N–H and O–H groups in total. The molecule has 0 fully saturated rings. The summed E-state index contributed by atoms with van der Waals surface area (Å²) in [6, 6.07) is 11.0. The van der Waals surface area contributed by atoms with E-state index in [0.717, 1.165) is 5.56 Å². The van der Waals surface area contributed by atoms with Gasteiger partial charge in [0.2, 0.25) is 0 Å². The van der Waals surface area contributed by atoms with Gasteiger partial charge in [-0.25, -0.2) is 0 Å². The Kier molecular flexibility index (Phi) is 3.43. The fourth-order valence-corrected chi connectivity index (χ4v) is 3.23. The Balaban J connectivity index is 2.63. The summed E-state index contributed by atoms with van der Waals surface area (Å²) in [5.41, 5.74) is 1.10. The fraction of sp³-hybridized carbons (Fsp3) is 0.273. The quantitative estimate of drug-likeness (QED) is 0.391. The zero-order chi connectivity index (χ0) is 9.73. The van der Waals surface area contributed by atoms with Gasteiger partial charge in [0.05, 0.1) is 0 Å². The van der Waals surface area contributed by atoms with E-state index in [0.29, 0.717) is 12.1 Å². The summed E-state index contributed by atoms with van der Waals surface area (Å²) in [5.74, 6) is 0. The van der Waals surface area contributed by atoms with Crippen LogP contribution in [0.4, 0.5) is 4.11 Å². The summed E-state index contributed by atoms with van der Waals surface area (Å²) in [4.78, 5) is 0. The van der Waals surface area contributed by atoms with Gasteiger partial charge in [-0.2, -0.15) is 0 Å². The van der Waals surface area contributed by atoms with E-state index in [1.54, 1.807) is 12.6 Å². The molecule has 0 spiro atoms. The SMILES string of the molecule is C=CC[Si](C)(F)Cc1ccccc1. The molecule has 0 amide bonds. The molecule has 1 aromatic carbocycles. The van der Waals surface area contributed by atoms with Crippen LogP contribution in [-0.2, 0) is 6.04 Å². The Morgan fingerprint density at radius 2 is 2.00 bits per heavy atom. The molecule has 0 heterocycles. The van der Waals surface area contributed by atoms with Gasteiger partial charge >= 0.3 is 0 Å². The van der Waals surface area contributed by atoms with Gasteiger partial charge in [0.25, 0.3) is 8.41 Å². The van der Waals surface area contributed by atoms with E-state index < -0.39 is 8.41 Å². The van der Waals surface area contributed by atoms with Crippen molar-refractivity contribution in [3.05, 3.63) is 48.6 Å². The number of halogens is 1. The molecule has 0 aromatic heterocycles. The van der Waals surface area contributed by atoms with Crippen molar-refractivity contribution in [1.29, 1.82) is 0 Å². The Morgan fingerprint density at radius 1 is 1.38 bits per heavy atom. The highest BCUT2D eigenvalue weighted by molar-refractivity contribution is 6.71. The van der Waals surface area contributed by atoms with Gasteiger partial charge in [-0.15, -0.1) is 6.58 Å². The van der Waals surface area contributed by atoms with Crippen molar-refractivity contribution in [2.45, 2.75) is 18.6 Å². The summed E-state index contributed by atoms with van der Waals surface area (Å²) in [5, 5.41) is 0. The molecule has 0 aliphatic rings. The fourth-order valence-electron chi connectivity index (χ4n) is 1.39. The summed E-state index contributed by atoms with van der Waals surface area (Å²) in [6.45, 7) is 5.33. The maximum atomic E-state index is 13.8. The highest BCUT2D eigenvalue weighted by atomic mass is 28.4. The van der Waals surface area contributed by atoms with Crippen LogP contribution >= 0.6 is 0 Å². The molecule has 13 heavy (non-hydrogen) atoms. The molecule has 1 rings (SSSR count). The lowest BCUT2D eigenvalue weighted by Gasteiger charge is -2.14. The highest BCUT2D eigenvalue weighted by Crippen LogP contribution is 2.17. The second-order valence-electron chi connectivity index (χ2n) is 3.57. The smallest absolute Gasteiger partial charge is 0.251 e. The minimum atomic E-state index is -2.56. The average molecular weight is 194 g/mol. The lowest BCUT2D eigenvalue weighted by molar-refractivity contribution is 0.776. The molecule has 1 atom stereocenters. The number of benzene rings is 1. The largest absolute Gasteiger partial charge is 0.313 e. The average Bonchev–Trinajstić information content (AvgIpc) is 2.04. The number of allylic oxidation sites excluding steroid dienone is 1. The summed E-state index contributed by atoms with van der Waals surface area (Å²) in [6.07, 6.45) is 1.69. The molecule has 1 unspecified atom stereocenters. The molecule has 2 heteroatoms. The summed E-state index contributed by atoms with van der Waals surface area (Å²) < 4.78 is 13.8. The van der Waals surface area contributed by atoms with Gasteiger partial charge in [-0.3, -0.25) is 0 Å². The van der Waals surface area contributed by atoms with Crippen LogP contribution in [0.3, 0.4) is 0 Å². The third-order valence-electron chi connectivity index (χ3n) is 1.99. The molecule has 0 saturated heterocycles. The molecule has 0 aliphatic carbocycles. The minimum absolute atomic E-state index is 0.544. The summed E-state index contributed by atoms with van der Waals surface area (Å²) >= 11 is 0. The van der Waals surface area contributed by atoms with Crippen molar-refractivity contribution >= 4 is 8.41 Å². The molecular weight excluding hydrogens is 179 g/mol. The summed E-state index contributed by atoms with van der Waals surface area (Å²) in [7, 11) is -2.56. The minimum Gasteiger partial charge on any atom is -0.313 e. The first-order chi connectivity index (χ1) is 6.14. The molecule has 0 bridgehead atoms. The van der Waals surface area contributed by atoms with Gasteiger partial charge in [0.1, 0.15) is 0 Å². The van der Waals surface area contributed by atoms with Crippen molar-refractivity contribution in [3.8, 4) is 0 Å². The van der Waals surface area contributed by atoms with Crippen LogP contribution in [-0.4, -0.2) is 8.41 Å². The zero-order valence-electron chi connectivity index (χ0n) is 7.96. The van der Waals surface area contributed by atoms with Crippen molar-refractivity contribution in [2.24, 2.45) is 0 Å². The van der Waals surface area contributed by atoms with Crippen molar-refractivity contribution in [3.63, 3.8) is 0 Å². The van der Waals surface area contributed by atoms with Crippen LogP contribution in [0, 0.1) is 0 Å². The Hall–Kier alpha value is -0.893. The van der Waals surface area contributed by atoms with E-state index in [1.807, 2.05) is 30.3 Å². The van der Waals surface area contributed by atoms with Crippen molar-refractivity contribution < 1.29 is 4.11 Å². The standard InChI is InChI=1S/C11H15FSi/c1-3-9-13(2,12)10-11-7-5-4-6-8-11/h3-8H,1,9-10H2,2H3. The molecule has 70 valence electrons. The molecule has 0 aliphatic heterocycles. The van der Waals surface area contributed by atoms with Crippen molar-refractivity contribution in [2.75, 3.05) is 0 Å². The van der Waals surface area contributed by atoms with E-state index in [9.17, 15) is 4.11 Å². The molecule has 0 saturated carbocycles. The van der Waals surface area contributed by atoms with Gasteiger partial charge in [-0.1, -0.05) is 36.4 Å². The third kappa shape index (κ3) is 3.55. The third-order valence-corrected chi connectivity index (χ3v) is 4.27. The molecular formula is C11H15FSi. The maximum absolute atomic E-state index is 13.8. The van der Waals surface area contributed by atoms with Crippen LogP contribution in [0.2, 0.25) is 12.6 Å². The van der Waals surface area contributed by atoms with Crippen LogP contribution in [0.1, 0.15) is 5.56 Å². The Morgan fingerprint density at radius 3 is 2.54 bits per heavy atom. The van der Waals surface area contributed by atoms with Gasteiger partial charge in [0, 0.05) is 0 Å². The Labute approximate surface area is 80.3 Å². The monoisotopic (exact) mass is 194 g/mol. The van der Waals surface area contributed by atoms with E-state index in [1.165, 1.54) is 0 Å². The van der Waals surface area contributed by atoms with Crippen LogP contribution < -0.4 is 0 Å². The second-order valence-corrected chi connectivity index (χ2v) is 7.16. The van der Waals surface area contributed by atoms with Gasteiger partial charge in [-0.05, 0) is 24.2 Å².